The summed E-state index contributed by atoms with van der Waals surface area (Å²) >= 11 is 0. The average Bonchev–Trinajstić information content (AvgIpc) is 2.81. The summed E-state index contributed by atoms with van der Waals surface area (Å²) < 4.78 is 5.33. The topological polar surface area (TPSA) is 77.9 Å². The number of likely N-dealkylation sites (tertiary alicyclic amines) is 1. The Morgan fingerprint density at radius 2 is 1.94 bits per heavy atom. The molecule has 2 fully saturated rings. The van der Waals surface area contributed by atoms with Gasteiger partial charge in [-0.15, -0.1) is 0 Å². The van der Waals surface area contributed by atoms with E-state index in [1.165, 1.54) is 51.1 Å². The van der Waals surface area contributed by atoms with Crippen LogP contribution < -0.4 is 10.1 Å². The zero-order valence-corrected chi connectivity index (χ0v) is 18.7. The molecule has 3 N–H and O–H groups in total. The predicted octanol–water partition coefficient (Wildman–Crippen LogP) is 4.40. The first kappa shape index (κ1) is 22.2. The zero-order valence-electron chi connectivity index (χ0n) is 18.7. The van der Waals surface area contributed by atoms with Crippen molar-refractivity contribution in [2.24, 2.45) is 11.8 Å². The number of nitrogens with one attached hydrogen (secondary N) is 1. The second kappa shape index (κ2) is 10.5. The molecule has 1 aliphatic carbocycles. The maximum absolute atomic E-state index is 10.6. The smallest absolute Gasteiger partial charge is 0.157 e. The summed E-state index contributed by atoms with van der Waals surface area (Å²) in [7, 11) is 1.64. The van der Waals surface area contributed by atoms with Crippen LogP contribution in [0.2, 0.25) is 0 Å². The van der Waals surface area contributed by atoms with Gasteiger partial charge < -0.3 is 25.2 Å². The number of hydrogen-bond acceptors (Lipinski definition) is 6. The van der Waals surface area contributed by atoms with E-state index in [0.717, 1.165) is 54.9 Å². The highest BCUT2D eigenvalue weighted by Gasteiger charge is 2.26. The van der Waals surface area contributed by atoms with Crippen molar-refractivity contribution in [2.75, 3.05) is 38.6 Å². The predicted molar refractivity (Wildman–Crippen MR) is 125 cm³/mol. The van der Waals surface area contributed by atoms with E-state index in [2.05, 4.69) is 15.2 Å². The number of ether oxygens (including phenoxy) is 1. The number of aliphatic hydroxyl groups excluding tert-OH is 1. The first-order valence-electron chi connectivity index (χ1n) is 11.9. The number of β-amino-alcohol motifs (C(OH)–C–C–N with tert-alkyl or cyclic N) is 1. The molecule has 1 saturated carbocycles. The number of aromatic nitrogens is 1. The standard InChI is InChI=1S/C25H37N3O3/c1-31-20-7-8-22-21(15-20)25(23(29)16-27-22)26-12-9-18-10-13-28(14-11-18)17-24(30)19-5-3-2-4-6-19/h7-8,15-16,18-19,24,29-30H,2-6,9-14,17H2,1H3,(H,26,27). The first-order chi connectivity index (χ1) is 15.1. The fraction of sp³-hybridized carbons (Fsp3) is 0.640. The van der Waals surface area contributed by atoms with Crippen molar-refractivity contribution < 1.29 is 14.9 Å². The quantitative estimate of drug-likeness (QED) is 0.579. The molecule has 2 aliphatic rings. The lowest BCUT2D eigenvalue weighted by molar-refractivity contribution is 0.0361. The maximum Gasteiger partial charge on any atom is 0.157 e. The normalized spacial score (nSPS) is 20.1. The maximum atomic E-state index is 10.6. The van der Waals surface area contributed by atoms with Gasteiger partial charge in [-0.3, -0.25) is 4.98 Å². The van der Waals surface area contributed by atoms with E-state index in [1.54, 1.807) is 7.11 Å². The minimum absolute atomic E-state index is 0.154. The second-order valence-corrected chi connectivity index (χ2v) is 9.33. The molecule has 1 aromatic heterocycles. The molecule has 0 amide bonds. The van der Waals surface area contributed by atoms with Gasteiger partial charge in [0.1, 0.15) is 5.75 Å². The monoisotopic (exact) mass is 427 g/mol. The molecule has 2 heterocycles. The summed E-state index contributed by atoms with van der Waals surface area (Å²) in [5.41, 5.74) is 1.57. The lowest BCUT2D eigenvalue weighted by Crippen LogP contribution is -2.41. The Hall–Kier alpha value is -2.05. The molecule has 6 nitrogen and oxygen atoms in total. The fourth-order valence-corrected chi connectivity index (χ4v) is 5.27. The molecule has 2 aromatic rings. The summed E-state index contributed by atoms with van der Waals surface area (Å²) in [6.45, 7) is 3.82. The summed E-state index contributed by atoms with van der Waals surface area (Å²) in [5, 5.41) is 25.3. The number of hydrogen-bond donors (Lipinski definition) is 3. The molecule has 170 valence electrons. The van der Waals surface area contributed by atoms with E-state index in [0.29, 0.717) is 11.8 Å². The SMILES string of the molecule is COc1ccc2ncc(O)c(NCCC3CCN(CC(O)C4CCCCC4)CC3)c2c1. The molecule has 31 heavy (non-hydrogen) atoms. The average molecular weight is 428 g/mol. The van der Waals surface area contributed by atoms with Crippen LogP contribution in [-0.4, -0.2) is 59.5 Å². The van der Waals surface area contributed by atoms with Crippen molar-refractivity contribution in [3.63, 3.8) is 0 Å². The van der Waals surface area contributed by atoms with Gasteiger partial charge in [-0.05, 0) is 75.2 Å². The Balaban J connectivity index is 1.24. The third kappa shape index (κ3) is 5.60. The van der Waals surface area contributed by atoms with Gasteiger partial charge in [-0.25, -0.2) is 0 Å². The lowest BCUT2D eigenvalue weighted by Gasteiger charge is -2.36. The Morgan fingerprint density at radius 3 is 2.68 bits per heavy atom. The Labute approximate surface area is 185 Å². The number of nitrogens with zero attached hydrogens (tertiary/aromatic N) is 2. The first-order valence-corrected chi connectivity index (χ1v) is 11.9. The molecule has 1 saturated heterocycles. The van der Waals surface area contributed by atoms with Crippen LogP contribution >= 0.6 is 0 Å². The third-order valence-electron chi connectivity index (χ3n) is 7.26. The minimum Gasteiger partial charge on any atom is -0.504 e. The van der Waals surface area contributed by atoms with Crippen molar-refractivity contribution in [2.45, 2.75) is 57.5 Å². The van der Waals surface area contributed by atoms with Crippen LogP contribution in [0, 0.1) is 11.8 Å². The summed E-state index contributed by atoms with van der Waals surface area (Å²) in [6.07, 6.45) is 11.1. The molecule has 6 heteroatoms. The summed E-state index contributed by atoms with van der Waals surface area (Å²) in [4.78, 5) is 6.76. The summed E-state index contributed by atoms with van der Waals surface area (Å²) in [5.74, 6) is 2.12. The zero-order chi connectivity index (χ0) is 21.6. The Morgan fingerprint density at radius 1 is 1.16 bits per heavy atom. The molecule has 0 bridgehead atoms. The molecule has 1 atom stereocenters. The van der Waals surface area contributed by atoms with E-state index >= 15 is 0 Å². The van der Waals surface area contributed by atoms with Gasteiger partial charge in [0.05, 0.1) is 30.6 Å². The van der Waals surface area contributed by atoms with Crippen LogP contribution in [0.15, 0.2) is 24.4 Å². The highest BCUT2D eigenvalue weighted by molar-refractivity contribution is 5.95. The number of aliphatic hydroxyl groups is 1. The molecular weight excluding hydrogens is 390 g/mol. The molecule has 0 radical (unpaired) electrons. The van der Waals surface area contributed by atoms with Gasteiger partial charge in [-0.1, -0.05) is 19.3 Å². The molecular formula is C25H37N3O3. The Kier molecular flexibility index (Phi) is 7.51. The van der Waals surface area contributed by atoms with Crippen molar-refractivity contribution in [1.82, 2.24) is 9.88 Å². The fourth-order valence-electron chi connectivity index (χ4n) is 5.27. The molecule has 0 spiro atoms. The second-order valence-electron chi connectivity index (χ2n) is 9.33. The number of pyridine rings is 1. The van der Waals surface area contributed by atoms with E-state index in [4.69, 9.17) is 4.74 Å². The highest BCUT2D eigenvalue weighted by Crippen LogP contribution is 2.33. The number of anilines is 1. The minimum atomic E-state index is -0.154. The number of benzene rings is 1. The molecule has 4 rings (SSSR count). The van der Waals surface area contributed by atoms with E-state index < -0.39 is 0 Å². The Bertz CT molecular complexity index is 845. The van der Waals surface area contributed by atoms with Gasteiger partial charge in [0, 0.05) is 18.5 Å². The van der Waals surface area contributed by atoms with Crippen LogP contribution in [0.3, 0.4) is 0 Å². The van der Waals surface area contributed by atoms with Gasteiger partial charge in [0.25, 0.3) is 0 Å². The van der Waals surface area contributed by atoms with E-state index in [9.17, 15) is 10.2 Å². The number of rotatable bonds is 8. The number of piperidine rings is 1. The third-order valence-corrected chi connectivity index (χ3v) is 7.26. The van der Waals surface area contributed by atoms with Crippen molar-refractivity contribution >= 4 is 16.6 Å². The summed E-state index contributed by atoms with van der Waals surface area (Å²) in [6, 6.07) is 5.71. The van der Waals surface area contributed by atoms with Crippen LogP contribution in [0.1, 0.15) is 51.4 Å². The molecule has 1 aromatic carbocycles. The van der Waals surface area contributed by atoms with Crippen LogP contribution in [0.5, 0.6) is 11.5 Å². The van der Waals surface area contributed by atoms with E-state index in [-0.39, 0.29) is 11.9 Å². The van der Waals surface area contributed by atoms with Crippen LogP contribution in [0.25, 0.3) is 10.9 Å². The van der Waals surface area contributed by atoms with Crippen molar-refractivity contribution in [3.05, 3.63) is 24.4 Å². The van der Waals surface area contributed by atoms with Crippen LogP contribution in [0.4, 0.5) is 5.69 Å². The van der Waals surface area contributed by atoms with Gasteiger partial charge in [-0.2, -0.15) is 0 Å². The van der Waals surface area contributed by atoms with Gasteiger partial charge in [0.15, 0.2) is 5.75 Å². The van der Waals surface area contributed by atoms with Crippen molar-refractivity contribution in [1.29, 1.82) is 0 Å². The van der Waals surface area contributed by atoms with Crippen LogP contribution in [-0.2, 0) is 0 Å². The number of methoxy groups -OCH3 is 1. The molecule has 1 unspecified atom stereocenters. The largest absolute Gasteiger partial charge is 0.504 e. The number of fused-ring (bicyclic) bond motifs is 1. The van der Waals surface area contributed by atoms with Gasteiger partial charge in [0.2, 0.25) is 0 Å². The molecule has 1 aliphatic heterocycles. The lowest BCUT2D eigenvalue weighted by atomic mass is 9.84. The van der Waals surface area contributed by atoms with Crippen molar-refractivity contribution in [3.8, 4) is 11.5 Å². The number of aromatic hydroxyl groups is 1. The van der Waals surface area contributed by atoms with Gasteiger partial charge >= 0.3 is 0 Å². The van der Waals surface area contributed by atoms with E-state index in [1.807, 2.05) is 18.2 Å². The highest BCUT2D eigenvalue weighted by atomic mass is 16.5.